The van der Waals surface area contributed by atoms with Crippen LogP contribution in [-0.4, -0.2) is 29.1 Å². The van der Waals surface area contributed by atoms with Crippen LogP contribution in [0.25, 0.3) is 123 Å². The van der Waals surface area contributed by atoms with Crippen molar-refractivity contribution in [1.29, 1.82) is 0 Å². The zero-order valence-corrected chi connectivity index (χ0v) is 37.8. The number of nitrogens with two attached hydrogens (primary N) is 2. The topological polar surface area (TPSA) is 113 Å². The van der Waals surface area contributed by atoms with Gasteiger partial charge in [-0.25, -0.2) is 19.9 Å². The van der Waals surface area contributed by atoms with E-state index in [0.717, 1.165) is 88.6 Å². The van der Waals surface area contributed by atoms with E-state index in [1.807, 2.05) is 84.9 Å². The first-order valence-corrected chi connectivity index (χ1v) is 23.3. The van der Waals surface area contributed by atoms with Crippen molar-refractivity contribution >= 4 is 55.0 Å². The summed E-state index contributed by atoms with van der Waals surface area (Å²) in [5.74, 6) is 0.831. The van der Waals surface area contributed by atoms with E-state index >= 15 is 0 Å². The predicted molar refractivity (Wildman–Crippen MR) is 288 cm³/mol. The Morgan fingerprint density at radius 1 is 0.271 bits per heavy atom. The molecule has 9 aromatic carbocycles. The van der Waals surface area contributed by atoms with Gasteiger partial charge >= 0.3 is 0 Å². The number of para-hydroxylation sites is 4. The van der Waals surface area contributed by atoms with Crippen molar-refractivity contribution in [2.75, 3.05) is 11.5 Å². The average Bonchev–Trinajstić information content (AvgIpc) is 3.94. The molecule has 4 aromatic heterocycles. The number of nitrogens with zero attached hydrogens (tertiary/aromatic N) is 6. The van der Waals surface area contributed by atoms with Crippen LogP contribution in [0.3, 0.4) is 0 Å². The number of hydrogen-bond acceptors (Lipinski definition) is 6. The second kappa shape index (κ2) is 16.6. The zero-order chi connectivity index (χ0) is 46.7. The van der Waals surface area contributed by atoms with Crippen molar-refractivity contribution in [2.45, 2.75) is 0 Å². The van der Waals surface area contributed by atoms with Crippen molar-refractivity contribution < 1.29 is 0 Å². The van der Waals surface area contributed by atoms with Gasteiger partial charge in [0, 0.05) is 43.8 Å². The van der Waals surface area contributed by atoms with E-state index in [-0.39, 0.29) is 0 Å². The Kier molecular flexibility index (Phi) is 9.62. The van der Waals surface area contributed by atoms with E-state index in [0.29, 0.717) is 45.5 Å². The second-order valence-corrected chi connectivity index (χ2v) is 17.4. The van der Waals surface area contributed by atoms with E-state index in [9.17, 15) is 0 Å². The van der Waals surface area contributed by atoms with Crippen molar-refractivity contribution in [3.8, 4) is 79.2 Å². The number of anilines is 2. The van der Waals surface area contributed by atoms with Gasteiger partial charge in [0.25, 0.3) is 0 Å². The van der Waals surface area contributed by atoms with Crippen LogP contribution in [0.4, 0.5) is 11.4 Å². The van der Waals surface area contributed by atoms with Gasteiger partial charge in [0.1, 0.15) is 0 Å². The number of rotatable bonds is 8. The molecular weight excluding hydrogens is 857 g/mol. The average molecular weight is 899 g/mol. The molecular formula is C62H42N8. The minimum Gasteiger partial charge on any atom is -0.396 e. The summed E-state index contributed by atoms with van der Waals surface area (Å²) >= 11 is 0. The van der Waals surface area contributed by atoms with Gasteiger partial charge in [-0.05, 0) is 36.4 Å². The predicted octanol–water partition coefficient (Wildman–Crippen LogP) is 14.6. The lowest BCUT2D eigenvalue weighted by Crippen LogP contribution is -2.14. The van der Waals surface area contributed by atoms with Gasteiger partial charge in [0.2, 0.25) is 0 Å². The maximum absolute atomic E-state index is 8.14. The third-order valence-corrected chi connectivity index (χ3v) is 13.3. The second-order valence-electron chi connectivity index (χ2n) is 17.4. The van der Waals surface area contributed by atoms with E-state index in [1.165, 1.54) is 0 Å². The molecule has 8 nitrogen and oxygen atoms in total. The smallest absolute Gasteiger partial charge is 0.164 e. The van der Waals surface area contributed by atoms with E-state index in [4.69, 9.17) is 31.4 Å². The molecule has 0 radical (unpaired) electrons. The Morgan fingerprint density at radius 2 is 0.500 bits per heavy atom. The lowest BCUT2D eigenvalue weighted by Gasteiger charge is -2.26. The largest absolute Gasteiger partial charge is 0.396 e. The number of aromatic nitrogens is 6. The Labute approximate surface area is 403 Å². The summed E-state index contributed by atoms with van der Waals surface area (Å²) < 4.78 is 4.45. The highest BCUT2D eigenvalue weighted by Gasteiger charge is 2.32. The molecule has 8 heteroatoms. The van der Waals surface area contributed by atoms with Gasteiger partial charge in [-0.2, -0.15) is 0 Å². The molecule has 0 aliphatic heterocycles. The highest BCUT2D eigenvalue weighted by Crippen LogP contribution is 2.51. The number of hydrogen-bond donors (Lipinski definition) is 2. The summed E-state index contributed by atoms with van der Waals surface area (Å²) in [5.41, 5.74) is 30.0. The van der Waals surface area contributed by atoms with E-state index in [2.05, 4.69) is 155 Å². The van der Waals surface area contributed by atoms with Crippen LogP contribution in [0.1, 0.15) is 0 Å². The fourth-order valence-electron chi connectivity index (χ4n) is 10.2. The molecule has 0 aliphatic carbocycles. The van der Waals surface area contributed by atoms with Crippen LogP contribution >= 0.6 is 0 Å². The highest BCUT2D eigenvalue weighted by molar-refractivity contribution is 6.15. The van der Waals surface area contributed by atoms with Gasteiger partial charge in [0.15, 0.2) is 11.6 Å². The Hall–Kier alpha value is -9.66. The van der Waals surface area contributed by atoms with Crippen LogP contribution in [0, 0.1) is 0 Å². The highest BCUT2D eigenvalue weighted by atomic mass is 15.1. The molecule has 0 saturated carbocycles. The van der Waals surface area contributed by atoms with Crippen LogP contribution < -0.4 is 11.5 Å². The lowest BCUT2D eigenvalue weighted by atomic mass is 9.97. The molecule has 13 rings (SSSR count). The Morgan fingerprint density at radius 3 is 0.757 bits per heavy atom. The van der Waals surface area contributed by atoms with Crippen LogP contribution in [0.2, 0.25) is 0 Å². The van der Waals surface area contributed by atoms with Crippen molar-refractivity contribution in [3.05, 3.63) is 231 Å². The summed E-state index contributed by atoms with van der Waals surface area (Å²) in [7, 11) is 0. The fraction of sp³-hybridized carbons (Fsp3) is 0. The first-order valence-electron chi connectivity index (χ1n) is 23.3. The van der Waals surface area contributed by atoms with Crippen molar-refractivity contribution in [2.24, 2.45) is 0 Å². The lowest BCUT2D eigenvalue weighted by molar-refractivity contribution is 1.11. The molecule has 0 spiro atoms. The fourth-order valence-corrected chi connectivity index (χ4v) is 10.2. The molecule has 0 bridgehead atoms. The van der Waals surface area contributed by atoms with Crippen molar-refractivity contribution in [1.82, 2.24) is 29.1 Å². The minimum atomic E-state index is 0.409. The molecule has 0 amide bonds. The van der Waals surface area contributed by atoms with E-state index in [1.54, 1.807) is 0 Å². The standard InChI is InChI=1S/C62H42N8/c63-57-55(61-65-47(39-21-5-1-6-22-39)37-48(66-61)40-23-7-2-8-24-40)59(69-51-33-17-13-29-43(51)44-30-14-18-34-52(44)69)58(64)56(60(57)70-53-35-19-15-31-45(53)46-32-16-20-36-54(46)70)62-67-49(41-25-9-3-10-26-41)38-50(68-62)42-27-11-4-12-28-42/h1-38H,63-64H2. The molecule has 0 aliphatic rings. The Balaban J connectivity index is 1.26. The third-order valence-electron chi connectivity index (χ3n) is 13.3. The summed E-state index contributed by atoms with van der Waals surface area (Å²) in [4.78, 5) is 22.0. The molecule has 0 fully saturated rings. The normalized spacial score (nSPS) is 11.5. The molecule has 0 atom stereocenters. The maximum Gasteiger partial charge on any atom is 0.164 e. The first-order chi connectivity index (χ1) is 34.6. The number of nitrogen functional groups attached to an aromatic ring is 2. The van der Waals surface area contributed by atoms with Gasteiger partial charge < -0.3 is 20.6 Å². The Bertz CT molecular complexity index is 3630. The van der Waals surface area contributed by atoms with Gasteiger partial charge in [-0.3, -0.25) is 0 Å². The molecule has 0 saturated heterocycles. The van der Waals surface area contributed by atoms with Gasteiger partial charge in [-0.15, -0.1) is 0 Å². The number of fused-ring (bicyclic) bond motifs is 6. The summed E-state index contributed by atoms with van der Waals surface area (Å²) in [5, 5.41) is 4.25. The monoisotopic (exact) mass is 898 g/mol. The summed E-state index contributed by atoms with van der Waals surface area (Å²) in [6.45, 7) is 0. The SMILES string of the molecule is Nc1c(-c2nc(-c3ccccc3)cc(-c3ccccc3)n2)c(-n2c3ccccc3c3ccccc32)c(N)c(-c2nc(-c3ccccc3)cc(-c3ccccc3)n2)c1-n1c2ccccc2c2ccccc21. The molecule has 0 unspecified atom stereocenters. The molecule has 13 aromatic rings. The quantitative estimate of drug-likeness (QED) is 0.147. The van der Waals surface area contributed by atoms with Gasteiger partial charge in [-0.1, -0.05) is 194 Å². The molecule has 4 heterocycles. The summed E-state index contributed by atoms with van der Waals surface area (Å²) in [6, 6.07) is 78.5. The maximum atomic E-state index is 8.14. The van der Waals surface area contributed by atoms with Crippen LogP contribution in [0.5, 0.6) is 0 Å². The molecule has 330 valence electrons. The zero-order valence-electron chi connectivity index (χ0n) is 37.8. The van der Waals surface area contributed by atoms with Crippen LogP contribution in [-0.2, 0) is 0 Å². The van der Waals surface area contributed by atoms with Crippen molar-refractivity contribution in [3.63, 3.8) is 0 Å². The van der Waals surface area contributed by atoms with E-state index < -0.39 is 0 Å². The number of benzene rings is 9. The third kappa shape index (κ3) is 6.61. The summed E-state index contributed by atoms with van der Waals surface area (Å²) in [6.07, 6.45) is 0. The molecule has 70 heavy (non-hydrogen) atoms. The molecule has 4 N–H and O–H groups in total. The van der Waals surface area contributed by atoms with Crippen LogP contribution in [0.15, 0.2) is 231 Å². The minimum absolute atomic E-state index is 0.409. The van der Waals surface area contributed by atoms with Gasteiger partial charge in [0.05, 0.1) is 78.7 Å². The first kappa shape index (κ1) is 40.6.